The molecule has 1 aliphatic heterocycles. The molecule has 0 saturated heterocycles. The van der Waals surface area contributed by atoms with E-state index in [0.717, 1.165) is 0 Å². The Balaban J connectivity index is 1.51. The Labute approximate surface area is 214 Å². The van der Waals surface area contributed by atoms with Crippen molar-refractivity contribution >= 4 is 28.1 Å². The maximum absolute atomic E-state index is 13.3. The third-order valence-corrected chi connectivity index (χ3v) is 9.21. The van der Waals surface area contributed by atoms with Crippen LogP contribution in [0.5, 0.6) is 0 Å². The Bertz CT molecular complexity index is 1400. The molecule has 2 aromatic rings. The van der Waals surface area contributed by atoms with Gasteiger partial charge in [0.25, 0.3) is 11.8 Å². The van der Waals surface area contributed by atoms with Crippen molar-refractivity contribution in [2.24, 2.45) is 12.0 Å². The lowest BCUT2D eigenvalue weighted by Crippen LogP contribution is -2.57. The van der Waals surface area contributed by atoms with Gasteiger partial charge in [-0.1, -0.05) is 12.1 Å². The number of aliphatic hydroxyl groups is 2. The van der Waals surface area contributed by atoms with E-state index in [-0.39, 0.29) is 24.5 Å². The number of hydrogen-bond donors (Lipinski definition) is 3. The van der Waals surface area contributed by atoms with Crippen LogP contribution < -0.4 is 4.72 Å². The van der Waals surface area contributed by atoms with Crippen LogP contribution in [-0.4, -0.2) is 87.9 Å². The number of fused-ring (bicyclic) bond motifs is 1. The van der Waals surface area contributed by atoms with Crippen LogP contribution in [0.25, 0.3) is 0 Å². The highest BCUT2D eigenvalue weighted by atomic mass is 32.2. The Morgan fingerprint density at radius 1 is 1.30 bits per heavy atom. The van der Waals surface area contributed by atoms with Gasteiger partial charge in [0.15, 0.2) is 5.69 Å². The van der Waals surface area contributed by atoms with E-state index >= 15 is 0 Å². The quantitative estimate of drug-likeness (QED) is 0.373. The van der Waals surface area contributed by atoms with Gasteiger partial charge in [0, 0.05) is 31.9 Å². The van der Waals surface area contributed by atoms with Crippen LogP contribution in [0, 0.1) is 11.3 Å². The maximum atomic E-state index is 13.3. The molecule has 0 spiro atoms. The van der Waals surface area contributed by atoms with Gasteiger partial charge in [-0.3, -0.25) is 14.3 Å². The van der Waals surface area contributed by atoms with Gasteiger partial charge in [0.05, 0.1) is 30.4 Å². The van der Waals surface area contributed by atoms with E-state index in [1.165, 1.54) is 22.7 Å². The van der Waals surface area contributed by atoms with Crippen molar-refractivity contribution in [2.75, 3.05) is 26.3 Å². The molecule has 0 atom stereocenters. The van der Waals surface area contributed by atoms with Gasteiger partial charge >= 0.3 is 0 Å². The average molecular weight is 529 g/mol. The average Bonchev–Trinajstić information content (AvgIpc) is 3.60. The van der Waals surface area contributed by atoms with E-state index in [0.29, 0.717) is 36.0 Å². The fourth-order valence-electron chi connectivity index (χ4n) is 4.28. The molecular formula is C24H28N6O6S. The largest absolute Gasteiger partial charge is 0.394 e. The first-order valence-corrected chi connectivity index (χ1v) is 13.2. The molecule has 1 aromatic heterocycles. The topological polar surface area (TPSA) is 178 Å². The third kappa shape index (κ3) is 5.05. The number of carbonyl (C=O) groups is 2. The number of rotatable bonds is 9. The summed E-state index contributed by atoms with van der Waals surface area (Å²) in [6.07, 6.45) is 2.34. The summed E-state index contributed by atoms with van der Waals surface area (Å²) in [5, 5.41) is 32.1. The smallest absolute Gasteiger partial charge is 0.297 e. The number of benzene rings is 1. The molecule has 3 N–H and O–H groups in total. The molecule has 0 bridgehead atoms. The van der Waals surface area contributed by atoms with E-state index in [9.17, 15) is 28.2 Å². The Morgan fingerprint density at radius 2 is 1.95 bits per heavy atom. The van der Waals surface area contributed by atoms with Crippen LogP contribution in [0.3, 0.4) is 0 Å². The van der Waals surface area contributed by atoms with Gasteiger partial charge < -0.3 is 15.1 Å². The molecule has 37 heavy (non-hydrogen) atoms. The minimum atomic E-state index is -3.96. The molecule has 1 saturated carbocycles. The van der Waals surface area contributed by atoms with Gasteiger partial charge in [-0.2, -0.15) is 10.4 Å². The number of amides is 2. The van der Waals surface area contributed by atoms with Crippen molar-refractivity contribution in [3.8, 4) is 6.07 Å². The van der Waals surface area contributed by atoms with Gasteiger partial charge in [0.1, 0.15) is 10.4 Å². The normalized spacial score (nSPS) is 17.1. The van der Waals surface area contributed by atoms with Crippen molar-refractivity contribution < 1.29 is 28.2 Å². The summed E-state index contributed by atoms with van der Waals surface area (Å²) in [7, 11) is -2.42. The number of aryl methyl sites for hydroxylation is 1. The van der Waals surface area contributed by atoms with Crippen LogP contribution in [0.1, 0.15) is 57.4 Å². The first-order valence-electron chi connectivity index (χ1n) is 11.7. The van der Waals surface area contributed by atoms with Crippen molar-refractivity contribution in [1.82, 2.24) is 19.4 Å². The second kappa shape index (κ2) is 9.79. The number of aromatic nitrogens is 2. The lowest BCUT2D eigenvalue weighted by Gasteiger charge is -2.33. The van der Waals surface area contributed by atoms with Crippen molar-refractivity contribution in [3.05, 3.63) is 52.3 Å². The molecule has 196 valence electrons. The molecule has 2 heterocycles. The number of carbonyl (C=O) groups excluding carboxylic acids is 2. The van der Waals surface area contributed by atoms with E-state index < -0.39 is 45.3 Å². The number of nitrogens with zero attached hydrogens (tertiary/aromatic N) is 5. The molecule has 12 nitrogen and oxygen atoms in total. The molecule has 0 radical (unpaired) electrons. The second-order valence-electron chi connectivity index (χ2n) is 9.74. The summed E-state index contributed by atoms with van der Waals surface area (Å²) in [5.41, 5.74) is 0.431. The van der Waals surface area contributed by atoms with Crippen LogP contribution in [0.15, 0.2) is 29.3 Å². The summed E-state index contributed by atoms with van der Waals surface area (Å²) < 4.78 is 28.7. The van der Waals surface area contributed by atoms with E-state index in [2.05, 4.69) is 14.8 Å². The number of hydrogen-bond acceptors (Lipinski definition) is 8. The molecular weight excluding hydrogens is 500 g/mol. The SMILES string of the molecule is Cn1nc(C(=O)N=Cc2ccc(C#N)cc2)c2c1C(=O)N(CC1(S(=O)(=O)NC(C)(CO)CO)CC1)CC2. The standard InChI is InChI=1S/C24H28N6O6S/c1-23(14-31,15-32)28-37(35,36)24(8-9-24)13-30-10-7-18-19(27-29(2)20(18)22(30)34)21(33)26-12-17-5-3-16(11-25)4-6-17/h3-6,12,28,31-32H,7-10,13-15H2,1-2H3. The zero-order chi connectivity index (χ0) is 27.0. The molecule has 1 aromatic carbocycles. The number of nitrogens with one attached hydrogen (secondary N) is 1. The Kier molecular flexibility index (Phi) is 7.04. The van der Waals surface area contributed by atoms with Crippen molar-refractivity contribution in [1.29, 1.82) is 5.26 Å². The van der Waals surface area contributed by atoms with Crippen LogP contribution >= 0.6 is 0 Å². The minimum Gasteiger partial charge on any atom is -0.394 e. The highest BCUT2D eigenvalue weighted by Crippen LogP contribution is 2.45. The Morgan fingerprint density at radius 3 is 2.51 bits per heavy atom. The van der Waals surface area contributed by atoms with Crippen LogP contribution in [0.2, 0.25) is 0 Å². The van der Waals surface area contributed by atoms with Crippen LogP contribution in [-0.2, 0) is 23.5 Å². The molecule has 0 unspecified atom stereocenters. The number of nitriles is 1. The molecule has 4 rings (SSSR count). The zero-order valence-electron chi connectivity index (χ0n) is 20.5. The second-order valence-corrected chi connectivity index (χ2v) is 11.8. The predicted molar refractivity (Wildman–Crippen MR) is 132 cm³/mol. The van der Waals surface area contributed by atoms with E-state index in [1.54, 1.807) is 31.3 Å². The number of sulfonamides is 1. The first-order chi connectivity index (χ1) is 17.5. The van der Waals surface area contributed by atoms with Gasteiger partial charge in [-0.05, 0) is 43.9 Å². The van der Waals surface area contributed by atoms with Crippen molar-refractivity contribution in [3.63, 3.8) is 0 Å². The van der Waals surface area contributed by atoms with Crippen molar-refractivity contribution in [2.45, 2.75) is 36.5 Å². The van der Waals surface area contributed by atoms with Crippen LogP contribution in [0.4, 0.5) is 0 Å². The highest BCUT2D eigenvalue weighted by Gasteiger charge is 2.57. The van der Waals surface area contributed by atoms with Gasteiger partial charge in [-0.15, -0.1) is 0 Å². The fourth-order valence-corrected chi connectivity index (χ4v) is 6.24. The lowest BCUT2D eigenvalue weighted by molar-refractivity contribution is 0.0723. The minimum absolute atomic E-state index is 0.0567. The molecule has 2 amide bonds. The molecule has 1 aliphatic carbocycles. The molecule has 1 fully saturated rings. The third-order valence-electron chi connectivity index (χ3n) is 6.78. The summed E-state index contributed by atoms with van der Waals surface area (Å²) in [6.45, 7) is 0.385. The fraction of sp³-hybridized carbons (Fsp3) is 0.458. The monoisotopic (exact) mass is 528 g/mol. The van der Waals surface area contributed by atoms with Gasteiger partial charge in [0.2, 0.25) is 10.0 Å². The maximum Gasteiger partial charge on any atom is 0.297 e. The summed E-state index contributed by atoms with van der Waals surface area (Å²) >= 11 is 0. The Hall–Kier alpha value is -3.44. The number of aliphatic hydroxyl groups excluding tert-OH is 2. The summed E-state index contributed by atoms with van der Waals surface area (Å²) in [6, 6.07) is 8.55. The summed E-state index contributed by atoms with van der Waals surface area (Å²) in [4.78, 5) is 31.5. The van der Waals surface area contributed by atoms with E-state index in [4.69, 9.17) is 5.26 Å². The van der Waals surface area contributed by atoms with Gasteiger partial charge in [-0.25, -0.2) is 18.1 Å². The number of aliphatic imine (C=N–C) groups is 1. The summed E-state index contributed by atoms with van der Waals surface area (Å²) in [5.74, 6) is -1.04. The lowest BCUT2D eigenvalue weighted by atomic mass is 10.0. The molecule has 2 aliphatic rings. The van der Waals surface area contributed by atoms with E-state index in [1.807, 2.05) is 6.07 Å². The predicted octanol–water partition coefficient (Wildman–Crippen LogP) is -0.255. The molecule has 13 heteroatoms. The highest BCUT2D eigenvalue weighted by molar-refractivity contribution is 7.91. The zero-order valence-corrected chi connectivity index (χ0v) is 21.3. The first kappa shape index (κ1) is 26.6.